The van der Waals surface area contributed by atoms with Gasteiger partial charge in [0.2, 0.25) is 0 Å². The molecule has 2 aliphatic rings. The molecule has 29 heavy (non-hydrogen) atoms. The Bertz CT molecular complexity index is 970. The minimum Gasteiger partial charge on any atom is -0.507 e. The zero-order chi connectivity index (χ0) is 21.0. The SMILES string of the molecule is Cc1cc(C(F)(F)F)cc(O)c1-c1ccc(C=NC23CCC(O)(CC2)C3)c(N)n1. The number of aromatic nitrogens is 1. The smallest absolute Gasteiger partial charge is 0.416 e. The number of benzene rings is 1. The number of nitrogen functional groups attached to an aromatic ring is 1. The quantitative estimate of drug-likeness (QED) is 0.667. The summed E-state index contributed by atoms with van der Waals surface area (Å²) in [5.74, 6) is -0.326. The normalized spacial score (nSPS) is 26.5. The lowest BCUT2D eigenvalue weighted by Gasteiger charge is -2.21. The van der Waals surface area contributed by atoms with E-state index in [0.717, 1.165) is 31.7 Å². The number of nitrogens with zero attached hydrogens (tertiary/aromatic N) is 2. The topological polar surface area (TPSA) is 91.7 Å². The van der Waals surface area contributed by atoms with E-state index >= 15 is 0 Å². The van der Waals surface area contributed by atoms with Gasteiger partial charge in [-0.15, -0.1) is 0 Å². The number of alkyl halides is 3. The first-order valence-electron chi connectivity index (χ1n) is 9.46. The summed E-state index contributed by atoms with van der Waals surface area (Å²) in [7, 11) is 0. The molecule has 4 N–H and O–H groups in total. The van der Waals surface area contributed by atoms with Gasteiger partial charge >= 0.3 is 6.18 Å². The van der Waals surface area contributed by atoms with Crippen LogP contribution in [0.5, 0.6) is 5.75 Å². The van der Waals surface area contributed by atoms with Gasteiger partial charge < -0.3 is 15.9 Å². The highest BCUT2D eigenvalue weighted by molar-refractivity contribution is 5.87. The summed E-state index contributed by atoms with van der Waals surface area (Å²) in [5.41, 5.74) is 5.64. The van der Waals surface area contributed by atoms with Gasteiger partial charge in [0.15, 0.2) is 0 Å². The van der Waals surface area contributed by atoms with E-state index in [2.05, 4.69) is 9.98 Å². The Morgan fingerprint density at radius 1 is 1.17 bits per heavy atom. The predicted octanol–water partition coefficient (Wildman–Crippen LogP) is 4.23. The van der Waals surface area contributed by atoms with E-state index in [1.54, 1.807) is 18.3 Å². The Morgan fingerprint density at radius 2 is 1.86 bits per heavy atom. The molecule has 1 heterocycles. The second-order valence-corrected chi connectivity index (χ2v) is 8.24. The van der Waals surface area contributed by atoms with Crippen molar-refractivity contribution in [2.75, 3.05) is 5.73 Å². The molecule has 8 heteroatoms. The third-order valence-corrected chi connectivity index (χ3v) is 6.10. The maximum atomic E-state index is 12.9. The number of pyridine rings is 1. The second-order valence-electron chi connectivity index (χ2n) is 8.24. The lowest BCUT2D eigenvalue weighted by Crippen LogP contribution is -2.20. The number of halogens is 3. The predicted molar refractivity (Wildman–Crippen MR) is 104 cm³/mol. The number of rotatable bonds is 3. The summed E-state index contributed by atoms with van der Waals surface area (Å²) in [6.45, 7) is 1.48. The molecule has 0 atom stereocenters. The van der Waals surface area contributed by atoms with Gasteiger partial charge in [-0.1, -0.05) is 0 Å². The van der Waals surface area contributed by atoms with Crippen LogP contribution in [0.3, 0.4) is 0 Å². The summed E-state index contributed by atoms with van der Waals surface area (Å²) in [4.78, 5) is 8.96. The first kappa shape index (κ1) is 19.7. The van der Waals surface area contributed by atoms with Crippen molar-refractivity contribution < 1.29 is 23.4 Å². The van der Waals surface area contributed by atoms with Crippen LogP contribution in [-0.2, 0) is 6.18 Å². The Labute approximate surface area is 166 Å². The summed E-state index contributed by atoms with van der Waals surface area (Å²) in [6, 6.07) is 4.95. The Morgan fingerprint density at radius 3 is 2.38 bits per heavy atom. The molecule has 2 bridgehead atoms. The minimum absolute atomic E-state index is 0.174. The number of aliphatic hydroxyl groups is 1. The lowest BCUT2D eigenvalue weighted by atomic mass is 9.93. The Balaban J connectivity index is 1.62. The van der Waals surface area contributed by atoms with Crippen LogP contribution in [0.1, 0.15) is 48.8 Å². The average Bonchev–Trinajstić information content (AvgIpc) is 3.13. The number of fused-ring (bicyclic) bond motifs is 2. The monoisotopic (exact) mass is 405 g/mol. The van der Waals surface area contributed by atoms with Crippen molar-refractivity contribution in [1.29, 1.82) is 0 Å². The summed E-state index contributed by atoms with van der Waals surface area (Å²) >= 11 is 0. The molecule has 2 saturated carbocycles. The zero-order valence-corrected chi connectivity index (χ0v) is 15.9. The highest BCUT2D eigenvalue weighted by Gasteiger charge is 2.53. The van der Waals surface area contributed by atoms with E-state index in [9.17, 15) is 23.4 Å². The Kier molecular flexibility index (Phi) is 4.38. The fourth-order valence-corrected chi connectivity index (χ4v) is 4.53. The molecule has 0 unspecified atom stereocenters. The molecule has 0 saturated heterocycles. The molecule has 1 aromatic heterocycles. The molecule has 2 aliphatic carbocycles. The molecule has 2 aromatic rings. The highest BCUT2D eigenvalue weighted by Crippen LogP contribution is 2.52. The molecule has 2 fully saturated rings. The number of phenols is 1. The van der Waals surface area contributed by atoms with Crippen molar-refractivity contribution in [1.82, 2.24) is 4.98 Å². The van der Waals surface area contributed by atoms with Gasteiger partial charge in [0, 0.05) is 23.8 Å². The van der Waals surface area contributed by atoms with Gasteiger partial charge in [-0.2, -0.15) is 13.2 Å². The molecule has 0 radical (unpaired) electrons. The molecule has 0 aliphatic heterocycles. The number of phenolic OH excluding ortho intramolecular Hbond substituents is 1. The number of aryl methyl sites for hydroxylation is 1. The standard InChI is InChI=1S/C21H22F3N3O2/c1-12-8-14(21(22,23)24)9-16(28)17(12)15-3-2-13(18(25)27-15)10-26-19-4-6-20(29,11-19)7-5-19/h2-3,8-10,28-29H,4-7,11H2,1H3,(H2,25,27). The molecule has 4 rings (SSSR count). The summed E-state index contributed by atoms with van der Waals surface area (Å²) < 4.78 is 38.8. The lowest BCUT2D eigenvalue weighted by molar-refractivity contribution is -0.137. The van der Waals surface area contributed by atoms with Crippen LogP contribution < -0.4 is 5.73 Å². The van der Waals surface area contributed by atoms with Crippen molar-refractivity contribution in [3.05, 3.63) is 41.0 Å². The number of aromatic hydroxyl groups is 1. The van der Waals surface area contributed by atoms with Gasteiger partial charge in [0.1, 0.15) is 11.6 Å². The number of hydrogen-bond acceptors (Lipinski definition) is 5. The van der Waals surface area contributed by atoms with Crippen LogP contribution in [0.2, 0.25) is 0 Å². The molecule has 0 spiro atoms. The van der Waals surface area contributed by atoms with E-state index in [4.69, 9.17) is 5.73 Å². The van der Waals surface area contributed by atoms with Gasteiger partial charge in [0.05, 0.1) is 22.4 Å². The van der Waals surface area contributed by atoms with Crippen LogP contribution in [0.4, 0.5) is 19.0 Å². The fourth-order valence-electron chi connectivity index (χ4n) is 4.53. The molecule has 5 nitrogen and oxygen atoms in total. The van der Waals surface area contributed by atoms with Gasteiger partial charge in [-0.3, -0.25) is 4.99 Å². The van der Waals surface area contributed by atoms with Crippen LogP contribution in [0, 0.1) is 6.92 Å². The maximum absolute atomic E-state index is 12.9. The number of anilines is 1. The second kappa shape index (κ2) is 6.45. The van der Waals surface area contributed by atoms with Crippen molar-refractivity contribution >= 4 is 12.0 Å². The van der Waals surface area contributed by atoms with Crippen LogP contribution >= 0.6 is 0 Å². The van der Waals surface area contributed by atoms with Gasteiger partial charge in [0.25, 0.3) is 0 Å². The van der Waals surface area contributed by atoms with Crippen molar-refractivity contribution in [3.63, 3.8) is 0 Å². The Hall–Kier alpha value is -2.61. The zero-order valence-electron chi connectivity index (χ0n) is 15.9. The maximum Gasteiger partial charge on any atom is 0.416 e. The van der Waals surface area contributed by atoms with Crippen LogP contribution in [0.15, 0.2) is 29.3 Å². The highest BCUT2D eigenvalue weighted by atomic mass is 19.4. The van der Waals surface area contributed by atoms with Crippen molar-refractivity contribution in [3.8, 4) is 17.0 Å². The van der Waals surface area contributed by atoms with E-state index in [1.807, 2.05) is 0 Å². The summed E-state index contributed by atoms with van der Waals surface area (Å²) in [5, 5.41) is 20.5. The third kappa shape index (κ3) is 3.57. The molecular formula is C21H22F3N3O2. The van der Waals surface area contributed by atoms with Gasteiger partial charge in [-0.05, 0) is 62.4 Å². The van der Waals surface area contributed by atoms with E-state index in [0.29, 0.717) is 18.1 Å². The number of aliphatic imine (C=N–C) groups is 1. The third-order valence-electron chi connectivity index (χ3n) is 6.10. The van der Waals surface area contributed by atoms with E-state index < -0.39 is 23.1 Å². The average molecular weight is 405 g/mol. The van der Waals surface area contributed by atoms with Crippen molar-refractivity contribution in [2.24, 2.45) is 4.99 Å². The molecular weight excluding hydrogens is 383 g/mol. The molecule has 154 valence electrons. The number of hydrogen-bond donors (Lipinski definition) is 3. The fraction of sp³-hybridized carbons (Fsp3) is 0.429. The van der Waals surface area contributed by atoms with Crippen molar-refractivity contribution in [2.45, 2.75) is 56.3 Å². The number of nitrogens with two attached hydrogens (primary N) is 1. The van der Waals surface area contributed by atoms with Crippen LogP contribution in [-0.4, -0.2) is 32.6 Å². The molecule has 0 amide bonds. The van der Waals surface area contributed by atoms with Crippen LogP contribution in [0.25, 0.3) is 11.3 Å². The first-order valence-corrected chi connectivity index (χ1v) is 9.46. The largest absolute Gasteiger partial charge is 0.507 e. The van der Waals surface area contributed by atoms with E-state index in [-0.39, 0.29) is 28.2 Å². The summed E-state index contributed by atoms with van der Waals surface area (Å²) in [6.07, 6.45) is 0.948. The van der Waals surface area contributed by atoms with Gasteiger partial charge in [-0.25, -0.2) is 4.98 Å². The molecule has 1 aromatic carbocycles. The van der Waals surface area contributed by atoms with E-state index in [1.165, 1.54) is 6.92 Å². The minimum atomic E-state index is -4.54. The first-order chi connectivity index (χ1) is 13.5.